The van der Waals surface area contributed by atoms with Gasteiger partial charge in [0.1, 0.15) is 5.82 Å². The Morgan fingerprint density at radius 1 is 1.35 bits per heavy atom. The smallest absolute Gasteiger partial charge is 0.105 e. The van der Waals surface area contributed by atoms with Crippen LogP contribution in [0, 0.1) is 12.3 Å². The van der Waals surface area contributed by atoms with E-state index in [0.29, 0.717) is 11.5 Å². The Kier molecular flexibility index (Phi) is 2.74. The summed E-state index contributed by atoms with van der Waals surface area (Å²) in [6.07, 6.45) is 12.4. The van der Waals surface area contributed by atoms with Gasteiger partial charge < -0.3 is 9.67 Å². The van der Waals surface area contributed by atoms with E-state index in [2.05, 4.69) is 22.7 Å². The van der Waals surface area contributed by atoms with E-state index < -0.39 is 0 Å². The molecule has 1 N–H and O–H groups in total. The summed E-state index contributed by atoms with van der Waals surface area (Å²) >= 11 is 0. The molecule has 1 heterocycles. The summed E-state index contributed by atoms with van der Waals surface area (Å²) in [5.74, 6) is 1.09. The highest BCUT2D eigenvalue weighted by atomic mass is 16.3. The number of aliphatic hydroxyl groups excluding tert-OH is 1. The number of hydrogen-bond acceptors (Lipinski definition) is 2. The van der Waals surface area contributed by atoms with Crippen molar-refractivity contribution in [1.82, 2.24) is 9.55 Å². The first kappa shape index (κ1) is 11.3. The standard InChI is InChI=1S/C14H22N2O/c1-11-15-8-9-16(11)13-10-12(17)4-7-14(13)5-2-3-6-14/h8-9,12-13,17H,2-7,10H2,1H3. The lowest BCUT2D eigenvalue weighted by Gasteiger charge is -2.44. The Labute approximate surface area is 103 Å². The minimum Gasteiger partial charge on any atom is -0.393 e. The second kappa shape index (κ2) is 4.13. The summed E-state index contributed by atoms with van der Waals surface area (Å²) in [7, 11) is 0. The first-order chi connectivity index (χ1) is 8.21. The molecule has 3 heteroatoms. The summed E-state index contributed by atoms with van der Waals surface area (Å²) in [6.45, 7) is 2.07. The summed E-state index contributed by atoms with van der Waals surface area (Å²) in [6, 6.07) is 0.469. The first-order valence-corrected chi connectivity index (χ1v) is 6.89. The molecular formula is C14H22N2O. The highest BCUT2D eigenvalue weighted by Gasteiger charge is 2.45. The van der Waals surface area contributed by atoms with Crippen LogP contribution in [0.1, 0.15) is 56.8 Å². The van der Waals surface area contributed by atoms with Gasteiger partial charge in [0, 0.05) is 18.4 Å². The molecule has 0 amide bonds. The van der Waals surface area contributed by atoms with Crippen molar-refractivity contribution in [3.63, 3.8) is 0 Å². The fourth-order valence-electron chi connectivity index (χ4n) is 4.03. The molecule has 2 aliphatic carbocycles. The molecule has 0 aromatic carbocycles. The molecule has 3 rings (SSSR count). The van der Waals surface area contributed by atoms with Crippen molar-refractivity contribution in [3.8, 4) is 0 Å². The molecule has 1 aromatic heterocycles. The Morgan fingerprint density at radius 3 is 2.76 bits per heavy atom. The maximum Gasteiger partial charge on any atom is 0.105 e. The molecule has 0 aliphatic heterocycles. The molecular weight excluding hydrogens is 212 g/mol. The van der Waals surface area contributed by atoms with Gasteiger partial charge in [-0.15, -0.1) is 0 Å². The fourth-order valence-corrected chi connectivity index (χ4v) is 4.03. The van der Waals surface area contributed by atoms with Gasteiger partial charge in [-0.25, -0.2) is 4.98 Å². The minimum atomic E-state index is -0.118. The Hall–Kier alpha value is -0.830. The molecule has 1 aromatic rings. The monoisotopic (exact) mass is 234 g/mol. The van der Waals surface area contributed by atoms with Crippen LogP contribution < -0.4 is 0 Å². The second-order valence-electron chi connectivity index (χ2n) is 5.90. The fraction of sp³-hybridized carbons (Fsp3) is 0.786. The summed E-state index contributed by atoms with van der Waals surface area (Å²) in [5.41, 5.74) is 0.449. The molecule has 2 saturated carbocycles. The molecule has 2 aliphatic rings. The van der Waals surface area contributed by atoms with Crippen LogP contribution in [-0.4, -0.2) is 20.8 Å². The van der Waals surface area contributed by atoms with Crippen LogP contribution in [0.2, 0.25) is 0 Å². The third kappa shape index (κ3) is 1.81. The molecule has 2 unspecified atom stereocenters. The zero-order valence-electron chi connectivity index (χ0n) is 10.6. The van der Waals surface area contributed by atoms with Gasteiger partial charge in [-0.1, -0.05) is 12.8 Å². The lowest BCUT2D eigenvalue weighted by molar-refractivity contribution is 0.0167. The Bertz CT molecular complexity index is 393. The van der Waals surface area contributed by atoms with Crippen molar-refractivity contribution < 1.29 is 5.11 Å². The van der Waals surface area contributed by atoms with Gasteiger partial charge in [-0.3, -0.25) is 0 Å². The third-order valence-electron chi connectivity index (χ3n) is 4.98. The third-order valence-corrected chi connectivity index (χ3v) is 4.98. The number of hydrogen-bond donors (Lipinski definition) is 1. The van der Waals surface area contributed by atoms with E-state index >= 15 is 0 Å². The number of imidazole rings is 1. The van der Waals surface area contributed by atoms with Crippen molar-refractivity contribution in [2.75, 3.05) is 0 Å². The van der Waals surface area contributed by atoms with Gasteiger partial charge >= 0.3 is 0 Å². The molecule has 94 valence electrons. The lowest BCUT2D eigenvalue weighted by atomic mass is 9.68. The summed E-state index contributed by atoms with van der Waals surface area (Å²) in [5, 5.41) is 9.98. The quantitative estimate of drug-likeness (QED) is 0.811. The Balaban J connectivity index is 1.95. The maximum atomic E-state index is 9.98. The predicted octanol–water partition coefficient (Wildman–Crippen LogP) is 2.84. The van der Waals surface area contributed by atoms with Crippen molar-refractivity contribution in [1.29, 1.82) is 0 Å². The van der Waals surface area contributed by atoms with E-state index in [1.165, 1.54) is 32.1 Å². The van der Waals surface area contributed by atoms with Gasteiger partial charge in [0.05, 0.1) is 6.10 Å². The lowest BCUT2D eigenvalue weighted by Crippen LogP contribution is -2.38. The van der Waals surface area contributed by atoms with Crippen LogP contribution in [0.15, 0.2) is 12.4 Å². The van der Waals surface area contributed by atoms with Crippen LogP contribution in [0.3, 0.4) is 0 Å². The maximum absolute atomic E-state index is 9.98. The molecule has 0 saturated heterocycles. The van der Waals surface area contributed by atoms with Crippen molar-refractivity contribution in [2.24, 2.45) is 5.41 Å². The van der Waals surface area contributed by atoms with Crippen molar-refractivity contribution in [2.45, 2.75) is 64.0 Å². The minimum absolute atomic E-state index is 0.118. The summed E-state index contributed by atoms with van der Waals surface area (Å²) < 4.78 is 2.31. The van der Waals surface area contributed by atoms with E-state index in [9.17, 15) is 5.11 Å². The average molecular weight is 234 g/mol. The number of aryl methyl sites for hydroxylation is 1. The number of aromatic nitrogens is 2. The van der Waals surface area contributed by atoms with E-state index in [1.54, 1.807) is 0 Å². The molecule has 2 atom stereocenters. The average Bonchev–Trinajstić information content (AvgIpc) is 2.93. The van der Waals surface area contributed by atoms with E-state index in [0.717, 1.165) is 18.7 Å². The highest BCUT2D eigenvalue weighted by Crippen LogP contribution is 2.54. The molecule has 3 nitrogen and oxygen atoms in total. The zero-order chi connectivity index (χ0) is 11.9. The van der Waals surface area contributed by atoms with E-state index in [-0.39, 0.29) is 6.10 Å². The van der Waals surface area contributed by atoms with Crippen LogP contribution >= 0.6 is 0 Å². The Morgan fingerprint density at radius 2 is 2.12 bits per heavy atom. The van der Waals surface area contributed by atoms with Gasteiger partial charge in [-0.05, 0) is 44.4 Å². The zero-order valence-corrected chi connectivity index (χ0v) is 10.6. The molecule has 0 radical (unpaired) electrons. The van der Waals surface area contributed by atoms with Crippen LogP contribution in [-0.2, 0) is 0 Å². The number of aliphatic hydroxyl groups is 1. The van der Waals surface area contributed by atoms with Gasteiger partial charge in [0.15, 0.2) is 0 Å². The van der Waals surface area contributed by atoms with E-state index in [4.69, 9.17) is 0 Å². The van der Waals surface area contributed by atoms with Crippen LogP contribution in [0.5, 0.6) is 0 Å². The second-order valence-corrected chi connectivity index (χ2v) is 5.90. The van der Waals surface area contributed by atoms with E-state index in [1.807, 2.05) is 6.20 Å². The highest BCUT2D eigenvalue weighted by molar-refractivity contribution is 5.03. The first-order valence-electron chi connectivity index (χ1n) is 6.89. The number of rotatable bonds is 1. The molecule has 0 bridgehead atoms. The van der Waals surface area contributed by atoms with Crippen LogP contribution in [0.25, 0.3) is 0 Å². The van der Waals surface area contributed by atoms with Crippen LogP contribution in [0.4, 0.5) is 0 Å². The van der Waals surface area contributed by atoms with Gasteiger partial charge in [-0.2, -0.15) is 0 Å². The number of nitrogens with zero attached hydrogens (tertiary/aromatic N) is 2. The molecule has 2 fully saturated rings. The molecule has 17 heavy (non-hydrogen) atoms. The van der Waals surface area contributed by atoms with Gasteiger partial charge in [0.2, 0.25) is 0 Å². The SMILES string of the molecule is Cc1nccn1C1CC(O)CCC12CCCC2. The van der Waals surface area contributed by atoms with Crippen molar-refractivity contribution >= 4 is 0 Å². The largest absolute Gasteiger partial charge is 0.393 e. The van der Waals surface area contributed by atoms with Gasteiger partial charge in [0.25, 0.3) is 0 Å². The summed E-state index contributed by atoms with van der Waals surface area (Å²) in [4.78, 5) is 4.35. The molecule has 1 spiro atoms. The normalized spacial score (nSPS) is 32.1. The van der Waals surface area contributed by atoms with Crippen molar-refractivity contribution in [3.05, 3.63) is 18.2 Å². The topological polar surface area (TPSA) is 38.0 Å². The predicted molar refractivity (Wildman–Crippen MR) is 66.8 cm³/mol.